The van der Waals surface area contributed by atoms with Crippen LogP contribution in [0, 0.1) is 6.57 Å². The lowest BCUT2D eigenvalue weighted by atomic mass is 9.98. The van der Waals surface area contributed by atoms with Gasteiger partial charge in [-0.15, -0.1) is 0 Å². The number of benzene rings is 3. The fourth-order valence-electron chi connectivity index (χ4n) is 4.18. The Kier molecular flexibility index (Phi) is 6.38. The number of nitrogens with zero attached hydrogens (tertiary/aromatic N) is 3. The molecule has 0 aliphatic carbocycles. The van der Waals surface area contributed by atoms with Crippen molar-refractivity contribution in [2.75, 3.05) is 24.5 Å². The highest BCUT2D eigenvalue weighted by Gasteiger charge is 2.32. The number of phenols is 1. The molecule has 1 N–H and O–H groups in total. The Morgan fingerprint density at radius 3 is 2.35 bits per heavy atom. The van der Waals surface area contributed by atoms with Crippen molar-refractivity contribution < 1.29 is 5.11 Å². The molecule has 1 fully saturated rings. The molecule has 1 aliphatic heterocycles. The van der Waals surface area contributed by atoms with Crippen LogP contribution in [0.4, 0.5) is 11.4 Å². The highest BCUT2D eigenvalue weighted by atomic mass is 35.5. The lowest BCUT2D eigenvalue weighted by Crippen LogP contribution is -2.49. The molecule has 4 rings (SSSR count). The summed E-state index contributed by atoms with van der Waals surface area (Å²) in [7, 11) is 0. The summed E-state index contributed by atoms with van der Waals surface area (Å²) in [4.78, 5) is 8.25. The van der Waals surface area contributed by atoms with E-state index in [4.69, 9.17) is 29.8 Å². The van der Waals surface area contributed by atoms with Crippen molar-refractivity contribution in [3.8, 4) is 5.75 Å². The Hall–Kier alpha value is -2.71. The third-order valence-electron chi connectivity index (χ3n) is 5.96. The van der Waals surface area contributed by atoms with Crippen LogP contribution >= 0.6 is 23.2 Å². The molecule has 0 unspecified atom stereocenters. The Morgan fingerprint density at radius 2 is 1.71 bits per heavy atom. The van der Waals surface area contributed by atoms with Crippen molar-refractivity contribution in [1.29, 1.82) is 0 Å². The number of phenolic OH excluding ortho intramolecular Hbond substituents is 1. The Balaban J connectivity index is 1.65. The van der Waals surface area contributed by atoms with Crippen LogP contribution in [-0.2, 0) is 0 Å². The Labute approximate surface area is 193 Å². The van der Waals surface area contributed by atoms with Crippen LogP contribution in [0.25, 0.3) is 4.85 Å². The molecule has 1 heterocycles. The number of anilines is 1. The summed E-state index contributed by atoms with van der Waals surface area (Å²) in [5.74, 6) is 0.159. The largest absolute Gasteiger partial charge is 0.508 e. The maximum absolute atomic E-state index is 9.78. The van der Waals surface area contributed by atoms with Crippen molar-refractivity contribution >= 4 is 34.6 Å². The maximum Gasteiger partial charge on any atom is 0.187 e. The van der Waals surface area contributed by atoms with E-state index in [9.17, 15) is 5.11 Å². The van der Waals surface area contributed by atoms with Crippen LogP contribution in [0.15, 0.2) is 66.7 Å². The lowest BCUT2D eigenvalue weighted by Gasteiger charge is -2.45. The fraction of sp³-hybridized carbons (Fsp3) is 0.240. The molecule has 0 aromatic heterocycles. The van der Waals surface area contributed by atoms with Crippen LogP contribution in [0.1, 0.15) is 30.1 Å². The normalized spacial score (nSPS) is 17.9. The van der Waals surface area contributed by atoms with Gasteiger partial charge >= 0.3 is 0 Å². The van der Waals surface area contributed by atoms with E-state index < -0.39 is 0 Å². The van der Waals surface area contributed by atoms with Crippen LogP contribution in [0.5, 0.6) is 5.75 Å². The Bertz CT molecular complexity index is 1090. The molecule has 0 amide bonds. The topological polar surface area (TPSA) is 31.1 Å². The molecule has 0 spiro atoms. The van der Waals surface area contributed by atoms with Gasteiger partial charge in [0.2, 0.25) is 0 Å². The van der Waals surface area contributed by atoms with Gasteiger partial charge in [-0.1, -0.05) is 59.6 Å². The Morgan fingerprint density at radius 1 is 1.00 bits per heavy atom. The zero-order chi connectivity index (χ0) is 22.0. The minimum atomic E-state index is 0.0815. The van der Waals surface area contributed by atoms with Gasteiger partial charge < -0.3 is 10.0 Å². The van der Waals surface area contributed by atoms with Crippen molar-refractivity contribution in [2.45, 2.75) is 19.0 Å². The summed E-state index contributed by atoms with van der Waals surface area (Å²) in [6.07, 6.45) is 0. The number of piperazine rings is 1. The predicted octanol–water partition coefficient (Wildman–Crippen LogP) is 6.87. The van der Waals surface area contributed by atoms with Gasteiger partial charge in [-0.05, 0) is 42.3 Å². The number of aromatic hydroxyl groups is 1. The first-order valence-corrected chi connectivity index (χ1v) is 10.9. The van der Waals surface area contributed by atoms with Crippen LogP contribution in [-0.4, -0.2) is 29.6 Å². The van der Waals surface area contributed by atoms with E-state index in [0.717, 1.165) is 30.9 Å². The molecule has 0 bridgehead atoms. The summed E-state index contributed by atoms with van der Waals surface area (Å²) < 4.78 is 0. The van der Waals surface area contributed by atoms with E-state index in [2.05, 4.69) is 33.7 Å². The first-order valence-electron chi connectivity index (χ1n) is 10.2. The molecule has 3 aromatic rings. The van der Waals surface area contributed by atoms with Gasteiger partial charge in [0.25, 0.3) is 0 Å². The van der Waals surface area contributed by atoms with Crippen molar-refractivity contribution in [1.82, 2.24) is 4.90 Å². The molecule has 4 nitrogen and oxygen atoms in total. The summed E-state index contributed by atoms with van der Waals surface area (Å²) in [5, 5.41) is 11.0. The molecular formula is C25H23Cl2N3O. The third kappa shape index (κ3) is 4.65. The van der Waals surface area contributed by atoms with E-state index in [1.807, 2.05) is 42.5 Å². The highest BCUT2D eigenvalue weighted by molar-refractivity contribution is 6.33. The van der Waals surface area contributed by atoms with Gasteiger partial charge in [-0.2, -0.15) is 0 Å². The average molecular weight is 452 g/mol. The second-order valence-electron chi connectivity index (χ2n) is 7.77. The van der Waals surface area contributed by atoms with E-state index >= 15 is 0 Å². The molecule has 0 saturated carbocycles. The van der Waals surface area contributed by atoms with E-state index in [1.54, 1.807) is 12.1 Å². The van der Waals surface area contributed by atoms with Gasteiger partial charge in [-0.25, -0.2) is 4.85 Å². The smallest absolute Gasteiger partial charge is 0.187 e. The monoisotopic (exact) mass is 451 g/mol. The number of halogens is 2. The standard InChI is InChI=1S/C25H23Cl2N3O/c1-17(18-5-9-21(28-2)10-6-18)29-13-14-30(24-12-11-22(31)15-23(24)27)25(16-29)19-3-7-20(26)8-4-19/h3-12,15,17,25,31H,13-14,16H2,1H3/t17-,25+/m1/s1. The van der Waals surface area contributed by atoms with Gasteiger partial charge in [0.1, 0.15) is 5.75 Å². The SMILES string of the molecule is [C-]#[N+]c1ccc([C@@H](C)N2CCN(c3ccc(O)cc3Cl)[C@H](c3ccc(Cl)cc3)C2)cc1. The van der Waals surface area contributed by atoms with Gasteiger partial charge in [-0.3, -0.25) is 4.90 Å². The second kappa shape index (κ2) is 9.20. The van der Waals surface area contributed by atoms with Crippen LogP contribution in [0.3, 0.4) is 0 Å². The molecule has 3 aromatic carbocycles. The highest BCUT2D eigenvalue weighted by Crippen LogP contribution is 2.38. The summed E-state index contributed by atoms with van der Waals surface area (Å²) in [6, 6.07) is 21.2. The van der Waals surface area contributed by atoms with E-state index in [0.29, 0.717) is 15.7 Å². The number of rotatable bonds is 4. The molecule has 6 heteroatoms. The maximum atomic E-state index is 9.78. The van der Waals surface area contributed by atoms with Crippen LogP contribution < -0.4 is 4.90 Å². The molecule has 1 aliphatic rings. The number of hydrogen-bond donors (Lipinski definition) is 1. The minimum absolute atomic E-state index is 0.0815. The minimum Gasteiger partial charge on any atom is -0.508 e. The summed E-state index contributed by atoms with van der Waals surface area (Å²) in [6.45, 7) is 11.8. The second-order valence-corrected chi connectivity index (χ2v) is 8.61. The average Bonchev–Trinajstić information content (AvgIpc) is 2.79. The molecule has 31 heavy (non-hydrogen) atoms. The summed E-state index contributed by atoms with van der Waals surface area (Å²) >= 11 is 12.6. The van der Waals surface area contributed by atoms with Gasteiger partial charge in [0.15, 0.2) is 5.69 Å². The molecule has 158 valence electrons. The predicted molar refractivity (Wildman–Crippen MR) is 127 cm³/mol. The van der Waals surface area contributed by atoms with Crippen LogP contribution in [0.2, 0.25) is 10.0 Å². The lowest BCUT2D eigenvalue weighted by molar-refractivity contribution is 0.171. The molecule has 1 saturated heterocycles. The quantitative estimate of drug-likeness (QED) is 0.438. The third-order valence-corrected chi connectivity index (χ3v) is 6.51. The van der Waals surface area contributed by atoms with E-state index in [-0.39, 0.29) is 17.8 Å². The first kappa shape index (κ1) is 21.5. The van der Waals surface area contributed by atoms with Gasteiger partial charge in [0, 0.05) is 36.8 Å². The molecular weight excluding hydrogens is 429 g/mol. The summed E-state index contributed by atoms with van der Waals surface area (Å²) in [5.41, 5.74) is 3.92. The van der Waals surface area contributed by atoms with Crippen molar-refractivity contribution in [3.63, 3.8) is 0 Å². The molecule has 2 atom stereocenters. The first-order chi connectivity index (χ1) is 15.0. The number of hydrogen-bond acceptors (Lipinski definition) is 3. The van der Waals surface area contributed by atoms with Crippen molar-refractivity contribution in [2.24, 2.45) is 0 Å². The zero-order valence-electron chi connectivity index (χ0n) is 17.2. The molecule has 0 radical (unpaired) electrons. The zero-order valence-corrected chi connectivity index (χ0v) is 18.7. The fourth-order valence-corrected chi connectivity index (χ4v) is 4.59. The van der Waals surface area contributed by atoms with Crippen molar-refractivity contribution in [3.05, 3.63) is 99.3 Å². The van der Waals surface area contributed by atoms with Gasteiger partial charge in [0.05, 0.1) is 23.3 Å². The van der Waals surface area contributed by atoms with E-state index in [1.165, 1.54) is 5.56 Å².